The Morgan fingerprint density at radius 1 is 0.933 bits per heavy atom. The van der Waals surface area contributed by atoms with Crippen molar-refractivity contribution in [2.45, 2.75) is 19.4 Å². The van der Waals surface area contributed by atoms with Gasteiger partial charge in [-0.15, -0.1) is 0 Å². The van der Waals surface area contributed by atoms with Crippen LogP contribution in [-0.2, 0) is 26.3 Å². The maximum Gasteiger partial charge on any atom is 0.282 e. The van der Waals surface area contributed by atoms with E-state index in [0.717, 1.165) is 32.5 Å². The third-order valence-electron chi connectivity index (χ3n) is 6.29. The Morgan fingerprint density at radius 3 is 2.33 bits per heavy atom. The van der Waals surface area contributed by atoms with Gasteiger partial charge in [0.1, 0.15) is 0 Å². The molecule has 4 rings (SSSR count). The molecule has 3 aliphatic heterocycles. The normalized spacial score (nSPS) is 25.3. The molecule has 30 heavy (non-hydrogen) atoms. The summed E-state index contributed by atoms with van der Waals surface area (Å²) in [7, 11) is -3.52. The molecule has 8 nitrogen and oxygen atoms in total. The molecule has 3 saturated heterocycles. The molecule has 1 atom stereocenters. The van der Waals surface area contributed by atoms with Crippen LogP contribution in [0.15, 0.2) is 30.3 Å². The maximum atomic E-state index is 13.1. The minimum absolute atomic E-state index is 0.108. The summed E-state index contributed by atoms with van der Waals surface area (Å²) in [6.45, 7) is 6.45. The number of carbonyl (C=O) groups is 1. The first-order valence-corrected chi connectivity index (χ1v) is 12.3. The minimum Gasteiger partial charge on any atom is -0.379 e. The Balaban J connectivity index is 1.30. The van der Waals surface area contributed by atoms with Gasteiger partial charge in [0.2, 0.25) is 5.91 Å². The number of piperazine rings is 1. The Morgan fingerprint density at radius 2 is 1.63 bits per heavy atom. The number of amides is 1. The second kappa shape index (κ2) is 9.74. The third kappa shape index (κ3) is 5.03. The van der Waals surface area contributed by atoms with Gasteiger partial charge in [0.15, 0.2) is 0 Å². The van der Waals surface area contributed by atoms with Crippen LogP contribution in [0.1, 0.15) is 18.4 Å². The van der Waals surface area contributed by atoms with E-state index in [2.05, 4.69) is 29.2 Å². The molecule has 9 heteroatoms. The molecule has 0 radical (unpaired) electrons. The van der Waals surface area contributed by atoms with Crippen LogP contribution in [0.3, 0.4) is 0 Å². The highest BCUT2D eigenvalue weighted by Crippen LogP contribution is 2.24. The number of hydrogen-bond acceptors (Lipinski definition) is 5. The number of nitrogens with zero attached hydrogens (tertiary/aromatic N) is 4. The van der Waals surface area contributed by atoms with E-state index in [1.165, 1.54) is 14.2 Å². The van der Waals surface area contributed by atoms with Gasteiger partial charge in [-0.2, -0.15) is 17.0 Å². The van der Waals surface area contributed by atoms with E-state index in [0.29, 0.717) is 52.5 Å². The lowest BCUT2D eigenvalue weighted by molar-refractivity contribution is -0.138. The fourth-order valence-corrected chi connectivity index (χ4v) is 6.19. The number of piperidine rings is 1. The Hall–Kier alpha value is -1.52. The SMILES string of the molecule is O=C(C1CCCN(S(=O)(=O)N2CCOCC2)C1)N1CCN(Cc2ccccc2)CC1. The lowest BCUT2D eigenvalue weighted by Crippen LogP contribution is -2.55. The molecule has 1 aromatic rings. The zero-order valence-electron chi connectivity index (χ0n) is 17.5. The van der Waals surface area contributed by atoms with E-state index >= 15 is 0 Å². The monoisotopic (exact) mass is 436 g/mol. The molecule has 3 fully saturated rings. The topological polar surface area (TPSA) is 73.4 Å². The Kier molecular flexibility index (Phi) is 7.05. The highest BCUT2D eigenvalue weighted by atomic mass is 32.2. The average Bonchev–Trinajstić information content (AvgIpc) is 2.80. The van der Waals surface area contributed by atoms with Crippen LogP contribution in [0.5, 0.6) is 0 Å². The van der Waals surface area contributed by atoms with Gasteiger partial charge in [-0.3, -0.25) is 9.69 Å². The number of rotatable bonds is 5. The molecule has 1 unspecified atom stereocenters. The summed E-state index contributed by atoms with van der Waals surface area (Å²) in [5.74, 6) is -0.133. The zero-order chi connectivity index (χ0) is 21.0. The standard InChI is InChI=1S/C21H32N4O4S/c26-21(23-11-9-22(10-12-23)17-19-5-2-1-3-6-19)20-7-4-8-25(18-20)30(27,28)24-13-15-29-16-14-24/h1-3,5-6,20H,4,7-18H2. The van der Waals surface area contributed by atoms with Crippen LogP contribution in [0.4, 0.5) is 0 Å². The van der Waals surface area contributed by atoms with Crippen molar-refractivity contribution in [3.63, 3.8) is 0 Å². The first-order chi connectivity index (χ1) is 14.5. The van der Waals surface area contributed by atoms with Crippen molar-refractivity contribution in [3.05, 3.63) is 35.9 Å². The van der Waals surface area contributed by atoms with Crippen molar-refractivity contribution in [2.75, 3.05) is 65.6 Å². The first-order valence-electron chi connectivity index (χ1n) is 10.9. The summed E-state index contributed by atoms with van der Waals surface area (Å²) in [6, 6.07) is 10.4. The first kappa shape index (κ1) is 21.7. The van der Waals surface area contributed by atoms with Gasteiger partial charge >= 0.3 is 0 Å². The summed E-state index contributed by atoms with van der Waals surface area (Å²) in [5, 5.41) is 0. The van der Waals surface area contributed by atoms with E-state index in [-0.39, 0.29) is 11.8 Å². The van der Waals surface area contributed by atoms with E-state index in [4.69, 9.17) is 4.74 Å². The van der Waals surface area contributed by atoms with Crippen molar-refractivity contribution in [3.8, 4) is 0 Å². The van der Waals surface area contributed by atoms with Crippen LogP contribution in [-0.4, -0.2) is 98.3 Å². The number of hydrogen-bond donors (Lipinski definition) is 0. The number of benzene rings is 1. The molecular formula is C21H32N4O4S. The van der Waals surface area contributed by atoms with Crippen LogP contribution in [0.25, 0.3) is 0 Å². The van der Waals surface area contributed by atoms with Crippen molar-refractivity contribution in [2.24, 2.45) is 5.92 Å². The largest absolute Gasteiger partial charge is 0.379 e. The van der Waals surface area contributed by atoms with Crippen molar-refractivity contribution < 1.29 is 17.9 Å². The molecule has 1 aromatic carbocycles. The molecule has 3 heterocycles. The molecule has 0 N–H and O–H groups in total. The van der Waals surface area contributed by atoms with Crippen molar-refractivity contribution in [1.29, 1.82) is 0 Å². The minimum atomic E-state index is -3.52. The molecule has 0 aromatic heterocycles. The van der Waals surface area contributed by atoms with Crippen molar-refractivity contribution in [1.82, 2.24) is 18.4 Å². The lowest BCUT2D eigenvalue weighted by Gasteiger charge is -2.40. The van der Waals surface area contributed by atoms with Gasteiger partial charge < -0.3 is 9.64 Å². The third-order valence-corrected chi connectivity index (χ3v) is 8.29. The van der Waals surface area contributed by atoms with Gasteiger partial charge in [-0.25, -0.2) is 0 Å². The molecule has 1 amide bonds. The van der Waals surface area contributed by atoms with E-state index in [1.807, 2.05) is 11.0 Å². The van der Waals surface area contributed by atoms with Crippen LogP contribution < -0.4 is 0 Å². The van der Waals surface area contributed by atoms with Gasteiger partial charge in [-0.05, 0) is 18.4 Å². The molecule has 0 bridgehead atoms. The van der Waals surface area contributed by atoms with E-state index < -0.39 is 10.2 Å². The zero-order valence-corrected chi connectivity index (χ0v) is 18.3. The summed E-state index contributed by atoms with van der Waals surface area (Å²) in [4.78, 5) is 17.4. The number of ether oxygens (including phenoxy) is 1. The summed E-state index contributed by atoms with van der Waals surface area (Å²) >= 11 is 0. The number of carbonyl (C=O) groups excluding carboxylic acids is 1. The van der Waals surface area contributed by atoms with Gasteiger partial charge in [0, 0.05) is 58.9 Å². The molecule has 0 aliphatic carbocycles. The fraction of sp³-hybridized carbons (Fsp3) is 0.667. The van der Waals surface area contributed by atoms with Crippen LogP contribution >= 0.6 is 0 Å². The molecular weight excluding hydrogens is 404 g/mol. The second-order valence-electron chi connectivity index (χ2n) is 8.30. The predicted octanol–water partition coefficient (Wildman–Crippen LogP) is 0.620. The van der Waals surface area contributed by atoms with Gasteiger partial charge in [-0.1, -0.05) is 30.3 Å². The molecule has 166 valence electrons. The highest BCUT2D eigenvalue weighted by Gasteiger charge is 2.38. The van der Waals surface area contributed by atoms with E-state index in [1.54, 1.807) is 0 Å². The molecule has 3 aliphatic rings. The predicted molar refractivity (Wildman–Crippen MR) is 114 cm³/mol. The van der Waals surface area contributed by atoms with Gasteiger partial charge in [0.05, 0.1) is 19.1 Å². The maximum absolute atomic E-state index is 13.1. The van der Waals surface area contributed by atoms with Gasteiger partial charge in [0.25, 0.3) is 10.2 Å². The van der Waals surface area contributed by atoms with Crippen LogP contribution in [0.2, 0.25) is 0 Å². The number of morpholine rings is 1. The average molecular weight is 437 g/mol. The lowest BCUT2D eigenvalue weighted by atomic mass is 9.97. The summed E-state index contributed by atoms with van der Waals surface area (Å²) < 4.78 is 34.2. The Labute approximate surface area is 179 Å². The fourth-order valence-electron chi connectivity index (χ4n) is 4.52. The van der Waals surface area contributed by atoms with E-state index in [9.17, 15) is 13.2 Å². The summed E-state index contributed by atoms with van der Waals surface area (Å²) in [6.07, 6.45) is 1.49. The smallest absolute Gasteiger partial charge is 0.282 e. The van der Waals surface area contributed by atoms with Crippen molar-refractivity contribution >= 4 is 16.1 Å². The molecule has 0 saturated carbocycles. The van der Waals surface area contributed by atoms with Crippen LogP contribution in [0, 0.1) is 5.92 Å². The Bertz CT molecular complexity index is 806. The second-order valence-corrected chi connectivity index (χ2v) is 10.2. The quantitative estimate of drug-likeness (QED) is 0.677. The molecule has 0 spiro atoms. The summed E-state index contributed by atoms with van der Waals surface area (Å²) in [5.41, 5.74) is 1.29. The highest BCUT2D eigenvalue weighted by molar-refractivity contribution is 7.86.